The predicted molar refractivity (Wildman–Crippen MR) is 44.2 cm³/mol. The Morgan fingerprint density at radius 1 is 1.55 bits per heavy atom. The van der Waals surface area contributed by atoms with Crippen molar-refractivity contribution in [1.29, 1.82) is 0 Å². The lowest BCUT2D eigenvalue weighted by atomic mass is 10.3. The van der Waals surface area contributed by atoms with Crippen molar-refractivity contribution >= 4 is 10.1 Å². The van der Waals surface area contributed by atoms with E-state index in [4.69, 9.17) is 4.55 Å². The molecule has 2 N–H and O–H groups in total. The quantitative estimate of drug-likeness (QED) is 0.597. The lowest BCUT2D eigenvalue weighted by molar-refractivity contribution is 0.475. The van der Waals surface area contributed by atoms with Gasteiger partial charge in [-0.15, -0.1) is 0 Å². The number of nitrogens with one attached hydrogen (secondary N) is 1. The highest BCUT2D eigenvalue weighted by molar-refractivity contribution is 7.85. The molecule has 68 valence electrons. The Balaban J connectivity index is 3.43. The maximum Gasteiger partial charge on any atom is 0.266 e. The van der Waals surface area contributed by atoms with Crippen LogP contribution in [0, 0.1) is 0 Å². The summed E-state index contributed by atoms with van der Waals surface area (Å²) in [5.41, 5.74) is 0. The topological polar surface area (TPSA) is 66.4 Å². The first-order valence-corrected chi connectivity index (χ1v) is 5.25. The van der Waals surface area contributed by atoms with E-state index in [1.54, 1.807) is 0 Å². The van der Waals surface area contributed by atoms with Crippen LogP contribution in [0.5, 0.6) is 0 Å². The summed E-state index contributed by atoms with van der Waals surface area (Å²) in [7, 11) is -3.79. The second kappa shape index (κ2) is 4.69. The second-order valence-electron chi connectivity index (χ2n) is 2.55. The molecular weight excluding hydrogens is 166 g/mol. The third-order valence-corrected chi connectivity index (χ3v) is 2.19. The van der Waals surface area contributed by atoms with Gasteiger partial charge in [0.1, 0.15) is 0 Å². The van der Waals surface area contributed by atoms with E-state index in [0.29, 0.717) is 12.6 Å². The van der Waals surface area contributed by atoms with Crippen molar-refractivity contribution in [3.8, 4) is 0 Å². The van der Waals surface area contributed by atoms with Crippen LogP contribution >= 0.6 is 0 Å². The van der Waals surface area contributed by atoms with E-state index < -0.39 is 10.1 Å². The van der Waals surface area contributed by atoms with Gasteiger partial charge < -0.3 is 5.32 Å². The lowest BCUT2D eigenvalue weighted by Crippen LogP contribution is -2.30. The monoisotopic (exact) mass is 181 g/mol. The molecule has 0 aliphatic carbocycles. The highest BCUT2D eigenvalue weighted by Crippen LogP contribution is 1.87. The van der Waals surface area contributed by atoms with Crippen LogP contribution in [0.4, 0.5) is 0 Å². The molecular formula is C6H15NO3S. The number of hydrogen-bond acceptors (Lipinski definition) is 3. The zero-order valence-electron chi connectivity index (χ0n) is 6.87. The van der Waals surface area contributed by atoms with Gasteiger partial charge in [0.2, 0.25) is 0 Å². The van der Waals surface area contributed by atoms with Gasteiger partial charge in [-0.1, -0.05) is 6.92 Å². The average molecular weight is 181 g/mol. The zero-order chi connectivity index (χ0) is 8.91. The van der Waals surface area contributed by atoms with Crippen molar-refractivity contribution in [3.05, 3.63) is 0 Å². The standard InChI is InChI=1S/C6H15NO3S/c1-3-6(2)7-4-5-11(8,9)10/h6-7H,3-5H2,1-2H3,(H,8,9,10). The molecule has 0 aliphatic heterocycles. The second-order valence-corrected chi connectivity index (χ2v) is 4.12. The van der Waals surface area contributed by atoms with Gasteiger partial charge in [0.05, 0.1) is 5.75 Å². The van der Waals surface area contributed by atoms with Crippen LogP contribution in [0.1, 0.15) is 20.3 Å². The molecule has 0 heterocycles. The summed E-state index contributed by atoms with van der Waals surface area (Å²) in [6.07, 6.45) is 0.950. The summed E-state index contributed by atoms with van der Waals surface area (Å²) in [5.74, 6) is -0.211. The molecule has 0 rings (SSSR count). The van der Waals surface area contributed by atoms with Crippen LogP contribution < -0.4 is 5.32 Å². The Labute approximate surface area is 67.7 Å². The van der Waals surface area contributed by atoms with Crippen molar-refractivity contribution in [1.82, 2.24) is 5.32 Å². The molecule has 4 nitrogen and oxygen atoms in total. The van der Waals surface area contributed by atoms with E-state index in [9.17, 15) is 8.42 Å². The molecule has 1 atom stereocenters. The maximum absolute atomic E-state index is 10.2. The van der Waals surface area contributed by atoms with Crippen molar-refractivity contribution in [2.75, 3.05) is 12.3 Å². The number of rotatable bonds is 5. The van der Waals surface area contributed by atoms with Crippen molar-refractivity contribution < 1.29 is 13.0 Å². The largest absolute Gasteiger partial charge is 0.313 e. The molecule has 0 bridgehead atoms. The summed E-state index contributed by atoms with van der Waals surface area (Å²) >= 11 is 0. The summed E-state index contributed by atoms with van der Waals surface area (Å²) in [5, 5.41) is 2.95. The predicted octanol–water partition coefficient (Wildman–Crippen LogP) is 0.262. The number of hydrogen-bond donors (Lipinski definition) is 2. The molecule has 0 aromatic rings. The lowest BCUT2D eigenvalue weighted by Gasteiger charge is -2.09. The minimum Gasteiger partial charge on any atom is -0.313 e. The van der Waals surface area contributed by atoms with Crippen LogP contribution in [0.25, 0.3) is 0 Å². The van der Waals surface area contributed by atoms with Gasteiger partial charge in [-0.3, -0.25) is 4.55 Å². The molecule has 0 aromatic carbocycles. The summed E-state index contributed by atoms with van der Waals surface area (Å²) in [6.45, 7) is 4.28. The van der Waals surface area contributed by atoms with E-state index in [1.165, 1.54) is 0 Å². The highest BCUT2D eigenvalue weighted by atomic mass is 32.2. The SMILES string of the molecule is CCC(C)NCCS(=O)(=O)O. The van der Waals surface area contributed by atoms with Crippen molar-refractivity contribution in [2.45, 2.75) is 26.3 Å². The zero-order valence-corrected chi connectivity index (χ0v) is 7.69. The Morgan fingerprint density at radius 2 is 2.09 bits per heavy atom. The first kappa shape index (κ1) is 10.9. The molecule has 0 amide bonds. The van der Waals surface area contributed by atoms with E-state index in [1.807, 2.05) is 13.8 Å². The van der Waals surface area contributed by atoms with Crippen molar-refractivity contribution in [3.63, 3.8) is 0 Å². The van der Waals surface area contributed by atoms with Gasteiger partial charge in [-0.05, 0) is 13.3 Å². The van der Waals surface area contributed by atoms with Gasteiger partial charge in [0.15, 0.2) is 0 Å². The first-order chi connectivity index (χ1) is 4.95. The summed E-state index contributed by atoms with van der Waals surface area (Å²) in [4.78, 5) is 0. The fourth-order valence-electron chi connectivity index (χ4n) is 0.579. The molecule has 0 radical (unpaired) electrons. The molecule has 0 aromatic heterocycles. The van der Waals surface area contributed by atoms with E-state index >= 15 is 0 Å². The molecule has 5 heteroatoms. The van der Waals surface area contributed by atoms with Gasteiger partial charge >= 0.3 is 0 Å². The molecule has 11 heavy (non-hydrogen) atoms. The van der Waals surface area contributed by atoms with Crippen LogP contribution in [0.15, 0.2) is 0 Å². The van der Waals surface area contributed by atoms with Crippen molar-refractivity contribution in [2.24, 2.45) is 0 Å². The normalized spacial score (nSPS) is 14.8. The fourth-order valence-corrected chi connectivity index (χ4v) is 0.954. The smallest absolute Gasteiger partial charge is 0.266 e. The molecule has 0 aliphatic rings. The highest BCUT2D eigenvalue weighted by Gasteiger charge is 2.04. The maximum atomic E-state index is 10.2. The first-order valence-electron chi connectivity index (χ1n) is 3.64. The minimum absolute atomic E-state index is 0.211. The van der Waals surface area contributed by atoms with Gasteiger partial charge in [0, 0.05) is 12.6 Å². The van der Waals surface area contributed by atoms with Crippen LogP contribution in [-0.4, -0.2) is 31.3 Å². The molecule has 0 saturated carbocycles. The van der Waals surface area contributed by atoms with E-state index in [0.717, 1.165) is 6.42 Å². The molecule has 1 unspecified atom stereocenters. The molecule has 0 spiro atoms. The van der Waals surface area contributed by atoms with Crippen LogP contribution in [0.3, 0.4) is 0 Å². The molecule has 0 saturated heterocycles. The van der Waals surface area contributed by atoms with Gasteiger partial charge in [-0.2, -0.15) is 8.42 Å². The Hall–Kier alpha value is -0.130. The van der Waals surface area contributed by atoms with E-state index in [-0.39, 0.29) is 5.75 Å². The minimum atomic E-state index is -3.79. The summed E-state index contributed by atoms with van der Waals surface area (Å²) < 4.78 is 28.8. The third kappa shape index (κ3) is 7.77. The Morgan fingerprint density at radius 3 is 2.45 bits per heavy atom. The van der Waals surface area contributed by atoms with Gasteiger partial charge in [-0.25, -0.2) is 0 Å². The Bertz CT molecular complexity index is 188. The third-order valence-electron chi connectivity index (χ3n) is 1.47. The van der Waals surface area contributed by atoms with Crippen LogP contribution in [-0.2, 0) is 10.1 Å². The summed E-state index contributed by atoms with van der Waals surface area (Å²) in [6, 6.07) is 0.303. The average Bonchev–Trinajstić information content (AvgIpc) is 1.85. The van der Waals surface area contributed by atoms with Crippen LogP contribution in [0.2, 0.25) is 0 Å². The van der Waals surface area contributed by atoms with Gasteiger partial charge in [0.25, 0.3) is 10.1 Å². The van der Waals surface area contributed by atoms with E-state index in [2.05, 4.69) is 5.32 Å². The Kier molecular flexibility index (Phi) is 4.63. The molecule has 0 fully saturated rings. The fraction of sp³-hybridized carbons (Fsp3) is 1.00.